The highest BCUT2D eigenvalue weighted by Gasteiger charge is 2.26. The van der Waals surface area contributed by atoms with Gasteiger partial charge in [-0.25, -0.2) is 14.4 Å². The quantitative estimate of drug-likeness (QED) is 0.517. The minimum Gasteiger partial charge on any atom is -0.480 e. The van der Waals surface area contributed by atoms with Crippen molar-refractivity contribution in [2.75, 3.05) is 14.2 Å². The van der Waals surface area contributed by atoms with Crippen molar-refractivity contribution in [2.24, 2.45) is 5.92 Å². The van der Waals surface area contributed by atoms with E-state index in [2.05, 4.69) is 20.1 Å². The Hall–Kier alpha value is -2.32. The number of ether oxygens (including phenoxy) is 2. The standard InChI is InChI=1S/C14H24N2O7/c1-8(2)7-10(13(20)23-4)16-14(21)15-9(12(18)19)5-6-11(17)22-3/h8-10H,5-7H2,1-4H3,(H,18,19)(H2,15,16,21)/t9-,10-/m0/s1. The minimum atomic E-state index is -1.29. The fourth-order valence-corrected chi connectivity index (χ4v) is 1.81. The maximum atomic E-state index is 11.9. The average Bonchev–Trinajstić information content (AvgIpc) is 2.48. The SMILES string of the molecule is COC(=O)CC[C@H](NC(=O)N[C@@H](CC(C)C)C(=O)OC)C(=O)O. The van der Waals surface area contributed by atoms with E-state index < -0.39 is 36.0 Å². The summed E-state index contributed by atoms with van der Waals surface area (Å²) in [5.74, 6) is -2.36. The number of nitrogens with one attached hydrogen (secondary N) is 2. The van der Waals surface area contributed by atoms with E-state index in [1.165, 1.54) is 14.2 Å². The first kappa shape index (κ1) is 20.7. The first-order valence-corrected chi connectivity index (χ1v) is 7.15. The van der Waals surface area contributed by atoms with Gasteiger partial charge in [0.05, 0.1) is 14.2 Å². The van der Waals surface area contributed by atoms with Crippen molar-refractivity contribution in [1.82, 2.24) is 10.6 Å². The number of carboxylic acid groups (broad SMARTS) is 1. The van der Waals surface area contributed by atoms with Gasteiger partial charge < -0.3 is 25.2 Å². The second-order valence-corrected chi connectivity index (χ2v) is 5.33. The molecule has 132 valence electrons. The van der Waals surface area contributed by atoms with E-state index in [9.17, 15) is 19.2 Å². The number of aliphatic carboxylic acids is 1. The molecule has 0 heterocycles. The van der Waals surface area contributed by atoms with Crippen LogP contribution in [0.4, 0.5) is 4.79 Å². The van der Waals surface area contributed by atoms with Crippen LogP contribution in [0.1, 0.15) is 33.1 Å². The Bertz CT molecular complexity index is 437. The van der Waals surface area contributed by atoms with Crippen LogP contribution in [0.25, 0.3) is 0 Å². The summed E-state index contributed by atoms with van der Waals surface area (Å²) in [5, 5.41) is 13.7. The number of esters is 2. The van der Waals surface area contributed by atoms with Crippen LogP contribution in [-0.4, -0.2) is 55.3 Å². The van der Waals surface area contributed by atoms with Crippen molar-refractivity contribution >= 4 is 23.9 Å². The lowest BCUT2D eigenvalue weighted by atomic mass is 10.0. The number of hydrogen-bond acceptors (Lipinski definition) is 6. The van der Waals surface area contributed by atoms with Crippen molar-refractivity contribution in [3.05, 3.63) is 0 Å². The minimum absolute atomic E-state index is 0.119. The van der Waals surface area contributed by atoms with E-state index in [1.807, 2.05) is 13.8 Å². The second kappa shape index (κ2) is 10.4. The third kappa shape index (κ3) is 8.64. The van der Waals surface area contributed by atoms with Gasteiger partial charge in [0.15, 0.2) is 0 Å². The fraction of sp³-hybridized carbons (Fsp3) is 0.714. The summed E-state index contributed by atoms with van der Waals surface area (Å²) in [5.41, 5.74) is 0. The first-order chi connectivity index (χ1) is 10.7. The third-order valence-electron chi connectivity index (χ3n) is 2.97. The Labute approximate surface area is 134 Å². The summed E-state index contributed by atoms with van der Waals surface area (Å²) >= 11 is 0. The van der Waals surface area contributed by atoms with E-state index in [0.29, 0.717) is 6.42 Å². The Morgan fingerprint density at radius 2 is 1.57 bits per heavy atom. The second-order valence-electron chi connectivity index (χ2n) is 5.33. The molecule has 9 nitrogen and oxygen atoms in total. The van der Waals surface area contributed by atoms with Gasteiger partial charge in [0.1, 0.15) is 12.1 Å². The molecule has 2 amide bonds. The largest absolute Gasteiger partial charge is 0.480 e. The number of hydrogen-bond donors (Lipinski definition) is 3. The van der Waals surface area contributed by atoms with Crippen molar-refractivity contribution in [3.63, 3.8) is 0 Å². The smallest absolute Gasteiger partial charge is 0.328 e. The predicted octanol–water partition coefficient (Wildman–Crippen LogP) is 0.280. The van der Waals surface area contributed by atoms with Gasteiger partial charge in [-0.1, -0.05) is 13.8 Å². The predicted molar refractivity (Wildman–Crippen MR) is 79.6 cm³/mol. The molecule has 0 fully saturated rings. The van der Waals surface area contributed by atoms with Crippen LogP contribution in [-0.2, 0) is 23.9 Å². The number of carbonyl (C=O) groups is 4. The summed E-state index contributed by atoms with van der Waals surface area (Å²) in [6.07, 6.45) is 0.0721. The van der Waals surface area contributed by atoms with Gasteiger partial charge in [-0.2, -0.15) is 0 Å². The monoisotopic (exact) mass is 332 g/mol. The highest BCUT2D eigenvalue weighted by molar-refractivity contribution is 5.86. The van der Waals surface area contributed by atoms with Crippen molar-refractivity contribution < 1.29 is 33.8 Å². The molecule has 0 aliphatic carbocycles. The third-order valence-corrected chi connectivity index (χ3v) is 2.97. The van der Waals surface area contributed by atoms with E-state index in [1.54, 1.807) is 0 Å². The zero-order valence-corrected chi connectivity index (χ0v) is 13.8. The van der Waals surface area contributed by atoms with Gasteiger partial charge in [-0.05, 0) is 18.8 Å². The van der Waals surface area contributed by atoms with Crippen LogP contribution in [0, 0.1) is 5.92 Å². The van der Waals surface area contributed by atoms with Crippen LogP contribution in [0.3, 0.4) is 0 Å². The number of rotatable bonds is 9. The summed E-state index contributed by atoms with van der Waals surface area (Å²) in [7, 11) is 2.39. The fourth-order valence-electron chi connectivity index (χ4n) is 1.81. The molecule has 23 heavy (non-hydrogen) atoms. The molecule has 3 N–H and O–H groups in total. The molecule has 0 saturated carbocycles. The zero-order chi connectivity index (χ0) is 18.0. The molecule has 9 heteroatoms. The van der Waals surface area contributed by atoms with Crippen LogP contribution in [0.5, 0.6) is 0 Å². The van der Waals surface area contributed by atoms with E-state index in [-0.39, 0.29) is 18.8 Å². The lowest BCUT2D eigenvalue weighted by Gasteiger charge is -2.20. The maximum Gasteiger partial charge on any atom is 0.328 e. The van der Waals surface area contributed by atoms with Gasteiger partial charge >= 0.3 is 23.9 Å². The number of carbonyl (C=O) groups excluding carboxylic acids is 3. The Morgan fingerprint density at radius 1 is 1.00 bits per heavy atom. The van der Waals surface area contributed by atoms with Gasteiger partial charge in [0.2, 0.25) is 0 Å². The molecule has 0 aliphatic heterocycles. The molecule has 2 atom stereocenters. The number of amides is 2. The number of carboxylic acids is 1. The van der Waals surface area contributed by atoms with Crippen LogP contribution >= 0.6 is 0 Å². The Kier molecular flexibility index (Phi) is 9.36. The average molecular weight is 332 g/mol. The molecule has 0 aliphatic rings. The van der Waals surface area contributed by atoms with E-state index >= 15 is 0 Å². The molecule has 0 radical (unpaired) electrons. The number of urea groups is 1. The number of methoxy groups -OCH3 is 2. The molecule has 0 aromatic rings. The Balaban J connectivity index is 4.67. The topological polar surface area (TPSA) is 131 Å². The summed E-state index contributed by atoms with van der Waals surface area (Å²) in [6, 6.07) is -2.97. The van der Waals surface area contributed by atoms with Crippen molar-refractivity contribution in [3.8, 4) is 0 Å². The molecule has 0 aromatic carbocycles. The van der Waals surface area contributed by atoms with Crippen LogP contribution in [0.15, 0.2) is 0 Å². The zero-order valence-electron chi connectivity index (χ0n) is 13.8. The first-order valence-electron chi connectivity index (χ1n) is 7.15. The van der Waals surface area contributed by atoms with E-state index in [4.69, 9.17) is 5.11 Å². The molecule has 0 saturated heterocycles. The molecule has 0 bridgehead atoms. The maximum absolute atomic E-state index is 11.9. The highest BCUT2D eigenvalue weighted by Crippen LogP contribution is 2.06. The van der Waals surface area contributed by atoms with Gasteiger partial charge in [0.25, 0.3) is 0 Å². The van der Waals surface area contributed by atoms with Gasteiger partial charge in [0, 0.05) is 6.42 Å². The van der Waals surface area contributed by atoms with E-state index in [0.717, 1.165) is 0 Å². The van der Waals surface area contributed by atoms with Gasteiger partial charge in [-0.15, -0.1) is 0 Å². The van der Waals surface area contributed by atoms with Crippen molar-refractivity contribution in [2.45, 2.75) is 45.2 Å². The molecule has 0 rings (SSSR count). The Morgan fingerprint density at radius 3 is 2.00 bits per heavy atom. The highest BCUT2D eigenvalue weighted by atomic mass is 16.5. The molecule has 0 aromatic heterocycles. The lowest BCUT2D eigenvalue weighted by molar-refractivity contribution is -0.143. The molecular formula is C14H24N2O7. The van der Waals surface area contributed by atoms with Crippen LogP contribution < -0.4 is 10.6 Å². The van der Waals surface area contributed by atoms with Crippen molar-refractivity contribution in [1.29, 1.82) is 0 Å². The summed E-state index contributed by atoms with van der Waals surface area (Å²) in [4.78, 5) is 45.6. The van der Waals surface area contributed by atoms with Gasteiger partial charge in [-0.3, -0.25) is 4.79 Å². The normalized spacial score (nSPS) is 12.9. The summed E-state index contributed by atoms with van der Waals surface area (Å²) < 4.78 is 9.02. The lowest BCUT2D eigenvalue weighted by Crippen LogP contribution is -2.51. The molecule has 0 spiro atoms. The molecular weight excluding hydrogens is 308 g/mol. The summed E-state index contributed by atoms with van der Waals surface area (Å²) in [6.45, 7) is 3.73. The van der Waals surface area contributed by atoms with Crippen LogP contribution in [0.2, 0.25) is 0 Å². The molecule has 0 unspecified atom stereocenters.